The van der Waals surface area contributed by atoms with Crippen molar-refractivity contribution in [2.24, 2.45) is 11.5 Å². The number of aromatic hydroxyl groups is 1. The molecule has 0 saturated heterocycles. The molecule has 0 bridgehead atoms. The molecule has 0 aliphatic heterocycles. The maximum absolute atomic E-state index is 9.74. The molecule has 0 aliphatic rings. The Morgan fingerprint density at radius 2 is 2.21 bits per heavy atom. The molecule has 0 amide bonds. The van der Waals surface area contributed by atoms with Gasteiger partial charge in [-0.3, -0.25) is 0 Å². The number of nitrogens with two attached hydrogens (primary N) is 2. The quantitative estimate of drug-likeness (QED) is 0.663. The second-order valence-electron chi connectivity index (χ2n) is 3.08. The van der Waals surface area contributed by atoms with E-state index in [0.29, 0.717) is 24.3 Å². The number of para-hydroxylation sites is 1. The summed E-state index contributed by atoms with van der Waals surface area (Å²) in [7, 11) is 1.51. The molecule has 4 heteroatoms. The van der Waals surface area contributed by atoms with Gasteiger partial charge in [0.15, 0.2) is 11.5 Å². The van der Waals surface area contributed by atoms with Crippen molar-refractivity contribution in [3.05, 3.63) is 23.8 Å². The van der Waals surface area contributed by atoms with Crippen molar-refractivity contribution in [3.8, 4) is 11.5 Å². The SMILES string of the molecule is COc1cccc([C@@H](N)CCN)c1O. The van der Waals surface area contributed by atoms with Crippen LogP contribution in [0.1, 0.15) is 18.0 Å². The molecule has 0 saturated carbocycles. The van der Waals surface area contributed by atoms with Crippen LogP contribution in [-0.2, 0) is 0 Å². The topological polar surface area (TPSA) is 81.5 Å². The number of methoxy groups -OCH3 is 1. The fourth-order valence-electron chi connectivity index (χ4n) is 1.34. The van der Waals surface area contributed by atoms with Crippen LogP contribution in [0.2, 0.25) is 0 Å². The fourth-order valence-corrected chi connectivity index (χ4v) is 1.34. The van der Waals surface area contributed by atoms with Crippen molar-refractivity contribution in [3.63, 3.8) is 0 Å². The molecule has 78 valence electrons. The van der Waals surface area contributed by atoms with E-state index < -0.39 is 0 Å². The highest BCUT2D eigenvalue weighted by molar-refractivity contribution is 5.46. The summed E-state index contributed by atoms with van der Waals surface area (Å²) in [6.45, 7) is 0.498. The van der Waals surface area contributed by atoms with E-state index in [2.05, 4.69) is 0 Å². The lowest BCUT2D eigenvalue weighted by molar-refractivity contribution is 0.368. The second-order valence-corrected chi connectivity index (χ2v) is 3.08. The van der Waals surface area contributed by atoms with Crippen LogP contribution >= 0.6 is 0 Å². The number of rotatable bonds is 4. The molecule has 1 atom stereocenters. The summed E-state index contributed by atoms with van der Waals surface area (Å²) < 4.78 is 4.98. The van der Waals surface area contributed by atoms with Gasteiger partial charge >= 0.3 is 0 Å². The standard InChI is InChI=1S/C10H16N2O2/c1-14-9-4-2-3-7(10(9)13)8(12)5-6-11/h2-4,8,13H,5-6,11-12H2,1H3/t8-/m0/s1. The van der Waals surface area contributed by atoms with Gasteiger partial charge in [-0.15, -0.1) is 0 Å². The molecule has 14 heavy (non-hydrogen) atoms. The van der Waals surface area contributed by atoms with Crippen LogP contribution in [0.25, 0.3) is 0 Å². The van der Waals surface area contributed by atoms with Gasteiger partial charge in [-0.2, -0.15) is 0 Å². The molecule has 0 fully saturated rings. The van der Waals surface area contributed by atoms with Crippen molar-refractivity contribution in [2.45, 2.75) is 12.5 Å². The Hall–Kier alpha value is -1.26. The molecule has 0 heterocycles. The Morgan fingerprint density at radius 1 is 1.50 bits per heavy atom. The van der Waals surface area contributed by atoms with Crippen molar-refractivity contribution >= 4 is 0 Å². The number of hydrogen-bond acceptors (Lipinski definition) is 4. The van der Waals surface area contributed by atoms with Gasteiger partial charge in [0.25, 0.3) is 0 Å². The van der Waals surface area contributed by atoms with Gasteiger partial charge in [0, 0.05) is 11.6 Å². The Morgan fingerprint density at radius 3 is 2.79 bits per heavy atom. The number of ether oxygens (including phenoxy) is 1. The van der Waals surface area contributed by atoms with Gasteiger partial charge in [0.2, 0.25) is 0 Å². The average molecular weight is 196 g/mol. The first kappa shape index (κ1) is 10.8. The number of phenolic OH excluding ortho intramolecular Hbond substituents is 1. The van der Waals surface area contributed by atoms with E-state index in [-0.39, 0.29) is 11.8 Å². The molecule has 0 aliphatic carbocycles. The van der Waals surface area contributed by atoms with E-state index in [1.54, 1.807) is 18.2 Å². The van der Waals surface area contributed by atoms with E-state index >= 15 is 0 Å². The highest BCUT2D eigenvalue weighted by Crippen LogP contribution is 2.33. The summed E-state index contributed by atoms with van der Waals surface area (Å²) in [6.07, 6.45) is 0.640. The summed E-state index contributed by atoms with van der Waals surface area (Å²) in [5, 5.41) is 9.74. The molecule has 0 unspecified atom stereocenters. The third-order valence-corrected chi connectivity index (χ3v) is 2.13. The van der Waals surface area contributed by atoms with E-state index in [0.717, 1.165) is 0 Å². The predicted molar refractivity (Wildman–Crippen MR) is 55.3 cm³/mol. The van der Waals surface area contributed by atoms with Gasteiger partial charge in [0.1, 0.15) is 0 Å². The number of benzene rings is 1. The Bertz CT molecular complexity index is 302. The third kappa shape index (κ3) is 2.16. The zero-order chi connectivity index (χ0) is 10.6. The normalized spacial score (nSPS) is 12.5. The highest BCUT2D eigenvalue weighted by Gasteiger charge is 2.13. The van der Waals surface area contributed by atoms with Crippen molar-refractivity contribution in [1.82, 2.24) is 0 Å². The Labute approximate surface area is 83.5 Å². The first-order chi connectivity index (χ1) is 6.70. The van der Waals surface area contributed by atoms with E-state index in [1.807, 2.05) is 0 Å². The molecule has 4 nitrogen and oxygen atoms in total. The summed E-state index contributed by atoms with van der Waals surface area (Å²) in [4.78, 5) is 0. The molecule has 1 aromatic carbocycles. The molecule has 0 spiro atoms. The van der Waals surface area contributed by atoms with Gasteiger partial charge in [0.05, 0.1) is 7.11 Å². The zero-order valence-corrected chi connectivity index (χ0v) is 8.23. The van der Waals surface area contributed by atoms with Crippen molar-refractivity contribution in [1.29, 1.82) is 0 Å². The molecular weight excluding hydrogens is 180 g/mol. The predicted octanol–water partition coefficient (Wildman–Crippen LogP) is 0.749. The van der Waals surface area contributed by atoms with Gasteiger partial charge in [-0.25, -0.2) is 0 Å². The summed E-state index contributed by atoms with van der Waals surface area (Å²) in [5.74, 6) is 0.547. The maximum atomic E-state index is 9.74. The van der Waals surface area contributed by atoms with Gasteiger partial charge in [-0.05, 0) is 19.0 Å². The van der Waals surface area contributed by atoms with Crippen LogP contribution < -0.4 is 16.2 Å². The molecule has 5 N–H and O–H groups in total. The lowest BCUT2D eigenvalue weighted by Gasteiger charge is -2.14. The molecule has 1 aromatic rings. The fraction of sp³-hybridized carbons (Fsp3) is 0.400. The van der Waals surface area contributed by atoms with Gasteiger partial charge in [-0.1, -0.05) is 12.1 Å². The minimum atomic E-state index is -0.241. The van der Waals surface area contributed by atoms with Gasteiger partial charge < -0.3 is 21.3 Å². The van der Waals surface area contributed by atoms with E-state index in [9.17, 15) is 5.11 Å². The molecule has 1 rings (SSSR count). The number of phenols is 1. The highest BCUT2D eigenvalue weighted by atomic mass is 16.5. The monoisotopic (exact) mass is 196 g/mol. The number of hydrogen-bond donors (Lipinski definition) is 3. The van der Waals surface area contributed by atoms with E-state index in [4.69, 9.17) is 16.2 Å². The Balaban J connectivity index is 2.96. The minimum Gasteiger partial charge on any atom is -0.504 e. The van der Waals surface area contributed by atoms with Crippen LogP contribution in [0.4, 0.5) is 0 Å². The molecular formula is C10H16N2O2. The summed E-state index contributed by atoms with van der Waals surface area (Å²) in [5.41, 5.74) is 11.9. The van der Waals surface area contributed by atoms with Crippen LogP contribution in [0.3, 0.4) is 0 Å². The lowest BCUT2D eigenvalue weighted by atomic mass is 10.0. The van der Waals surface area contributed by atoms with Crippen LogP contribution in [-0.4, -0.2) is 18.8 Å². The largest absolute Gasteiger partial charge is 0.504 e. The van der Waals surface area contributed by atoms with Crippen LogP contribution in [0.5, 0.6) is 11.5 Å². The molecule has 0 aromatic heterocycles. The minimum absolute atomic E-state index is 0.107. The van der Waals surface area contributed by atoms with Crippen LogP contribution in [0.15, 0.2) is 18.2 Å². The third-order valence-electron chi connectivity index (χ3n) is 2.13. The first-order valence-corrected chi connectivity index (χ1v) is 4.52. The van der Waals surface area contributed by atoms with Crippen molar-refractivity contribution < 1.29 is 9.84 Å². The first-order valence-electron chi connectivity index (χ1n) is 4.52. The summed E-state index contributed by atoms with van der Waals surface area (Å²) >= 11 is 0. The lowest BCUT2D eigenvalue weighted by Crippen LogP contribution is -2.15. The Kier molecular flexibility index (Phi) is 3.73. The summed E-state index contributed by atoms with van der Waals surface area (Å²) in [6, 6.07) is 5.02. The smallest absolute Gasteiger partial charge is 0.162 e. The average Bonchev–Trinajstić information content (AvgIpc) is 2.18. The van der Waals surface area contributed by atoms with Crippen molar-refractivity contribution in [2.75, 3.05) is 13.7 Å². The maximum Gasteiger partial charge on any atom is 0.162 e. The zero-order valence-electron chi connectivity index (χ0n) is 8.23. The molecule has 0 radical (unpaired) electrons. The van der Waals surface area contributed by atoms with Crippen LogP contribution in [0, 0.1) is 0 Å². The van der Waals surface area contributed by atoms with E-state index in [1.165, 1.54) is 7.11 Å². The second kappa shape index (κ2) is 4.83.